The van der Waals surface area contributed by atoms with Gasteiger partial charge < -0.3 is 4.74 Å². The Morgan fingerprint density at radius 3 is 2.53 bits per heavy atom. The molecule has 0 unspecified atom stereocenters. The molecule has 0 fully saturated rings. The Morgan fingerprint density at radius 2 is 2.00 bits per heavy atom. The minimum Gasteiger partial charge on any atom is -0.497 e. The van der Waals surface area contributed by atoms with Crippen molar-refractivity contribution in [2.24, 2.45) is 0 Å². The van der Waals surface area contributed by atoms with E-state index in [9.17, 15) is 0 Å². The van der Waals surface area contributed by atoms with Gasteiger partial charge in [0.25, 0.3) is 0 Å². The monoisotopic (exact) mass is 233 g/mol. The van der Waals surface area contributed by atoms with E-state index in [0.29, 0.717) is 0 Å². The zero-order chi connectivity index (χ0) is 12.5. The molecular formula is C15H23NO. The van der Waals surface area contributed by atoms with E-state index in [1.807, 2.05) is 18.2 Å². The number of hydrogen-bond acceptors (Lipinski definition) is 2. The van der Waals surface area contributed by atoms with E-state index in [4.69, 9.17) is 4.74 Å². The SMILES string of the molecule is C=CCN(CCCC)Cc1ccc(OC)cc1. The molecule has 0 bridgehead atoms. The predicted molar refractivity (Wildman–Crippen MR) is 73.4 cm³/mol. The maximum absolute atomic E-state index is 5.16. The Balaban J connectivity index is 2.54. The topological polar surface area (TPSA) is 12.5 Å². The van der Waals surface area contributed by atoms with Crippen LogP contribution < -0.4 is 4.74 Å². The largest absolute Gasteiger partial charge is 0.497 e. The van der Waals surface area contributed by atoms with Gasteiger partial charge in [0.15, 0.2) is 0 Å². The van der Waals surface area contributed by atoms with Gasteiger partial charge in [-0.1, -0.05) is 31.6 Å². The molecule has 0 N–H and O–H groups in total. The van der Waals surface area contributed by atoms with Crippen molar-refractivity contribution in [1.29, 1.82) is 0 Å². The molecular weight excluding hydrogens is 210 g/mol. The third-order valence-corrected chi connectivity index (χ3v) is 2.78. The summed E-state index contributed by atoms with van der Waals surface area (Å²) in [6.45, 7) is 9.10. The van der Waals surface area contributed by atoms with Crippen LogP contribution in [0.1, 0.15) is 25.3 Å². The van der Waals surface area contributed by atoms with Gasteiger partial charge in [0.05, 0.1) is 7.11 Å². The fourth-order valence-electron chi connectivity index (χ4n) is 1.79. The first-order valence-corrected chi connectivity index (χ1v) is 6.26. The summed E-state index contributed by atoms with van der Waals surface area (Å²) in [5, 5.41) is 0. The molecule has 0 saturated heterocycles. The average Bonchev–Trinajstić information content (AvgIpc) is 2.37. The number of ether oxygens (including phenoxy) is 1. The smallest absolute Gasteiger partial charge is 0.118 e. The van der Waals surface area contributed by atoms with Crippen LogP contribution in [0, 0.1) is 0 Å². The van der Waals surface area contributed by atoms with Gasteiger partial charge in [-0.3, -0.25) is 4.90 Å². The molecule has 0 heterocycles. The molecule has 0 radical (unpaired) electrons. The standard InChI is InChI=1S/C15H23NO/c1-4-6-12-16(11-5-2)13-14-7-9-15(17-3)10-8-14/h5,7-10H,2,4,6,11-13H2,1,3H3. The Kier molecular flexibility index (Phi) is 6.41. The van der Waals surface area contributed by atoms with Crippen LogP contribution in [0.2, 0.25) is 0 Å². The number of nitrogens with zero attached hydrogens (tertiary/aromatic N) is 1. The molecule has 0 aliphatic rings. The highest BCUT2D eigenvalue weighted by atomic mass is 16.5. The summed E-state index contributed by atoms with van der Waals surface area (Å²) in [5.41, 5.74) is 1.32. The first kappa shape index (κ1) is 13.8. The Bertz CT molecular complexity index is 318. The molecule has 0 saturated carbocycles. The van der Waals surface area contributed by atoms with Crippen molar-refractivity contribution in [3.8, 4) is 5.75 Å². The highest BCUT2D eigenvalue weighted by molar-refractivity contribution is 5.27. The van der Waals surface area contributed by atoms with E-state index < -0.39 is 0 Å². The van der Waals surface area contributed by atoms with Crippen LogP contribution in [0.15, 0.2) is 36.9 Å². The third kappa shape index (κ3) is 5.05. The lowest BCUT2D eigenvalue weighted by Gasteiger charge is -2.20. The second-order valence-corrected chi connectivity index (χ2v) is 4.23. The van der Waals surface area contributed by atoms with E-state index in [1.165, 1.54) is 18.4 Å². The summed E-state index contributed by atoms with van der Waals surface area (Å²) < 4.78 is 5.16. The van der Waals surface area contributed by atoms with Crippen molar-refractivity contribution < 1.29 is 4.74 Å². The van der Waals surface area contributed by atoms with Crippen molar-refractivity contribution in [3.63, 3.8) is 0 Å². The van der Waals surface area contributed by atoms with Gasteiger partial charge in [0, 0.05) is 13.1 Å². The average molecular weight is 233 g/mol. The lowest BCUT2D eigenvalue weighted by atomic mass is 10.2. The van der Waals surface area contributed by atoms with E-state index in [2.05, 4.69) is 30.5 Å². The molecule has 0 spiro atoms. The Labute approximate surface area is 105 Å². The van der Waals surface area contributed by atoms with Gasteiger partial charge in [-0.2, -0.15) is 0 Å². The summed E-state index contributed by atoms with van der Waals surface area (Å²) >= 11 is 0. The molecule has 1 rings (SSSR count). The molecule has 2 nitrogen and oxygen atoms in total. The van der Waals surface area contributed by atoms with Gasteiger partial charge in [-0.05, 0) is 30.7 Å². The molecule has 2 heteroatoms. The van der Waals surface area contributed by atoms with Crippen LogP contribution in [-0.2, 0) is 6.54 Å². The highest BCUT2D eigenvalue weighted by Gasteiger charge is 2.03. The molecule has 1 aromatic rings. The Hall–Kier alpha value is -1.28. The normalized spacial score (nSPS) is 10.5. The summed E-state index contributed by atoms with van der Waals surface area (Å²) in [6, 6.07) is 8.28. The first-order chi connectivity index (χ1) is 8.30. The van der Waals surface area contributed by atoms with Crippen LogP contribution in [0.5, 0.6) is 5.75 Å². The van der Waals surface area contributed by atoms with E-state index in [0.717, 1.165) is 25.4 Å². The number of hydrogen-bond donors (Lipinski definition) is 0. The molecule has 0 aliphatic carbocycles. The number of methoxy groups -OCH3 is 1. The number of unbranched alkanes of at least 4 members (excludes halogenated alkanes) is 1. The zero-order valence-electron chi connectivity index (χ0n) is 11.0. The minimum absolute atomic E-state index is 0.914. The minimum atomic E-state index is 0.914. The molecule has 17 heavy (non-hydrogen) atoms. The van der Waals surface area contributed by atoms with Crippen LogP contribution in [0.3, 0.4) is 0 Å². The van der Waals surface area contributed by atoms with E-state index in [1.54, 1.807) is 7.11 Å². The highest BCUT2D eigenvalue weighted by Crippen LogP contribution is 2.13. The van der Waals surface area contributed by atoms with Crippen molar-refractivity contribution in [2.75, 3.05) is 20.2 Å². The zero-order valence-corrected chi connectivity index (χ0v) is 11.0. The van der Waals surface area contributed by atoms with E-state index in [-0.39, 0.29) is 0 Å². The fraction of sp³-hybridized carbons (Fsp3) is 0.467. The number of rotatable bonds is 8. The fourth-order valence-corrected chi connectivity index (χ4v) is 1.79. The molecule has 0 atom stereocenters. The van der Waals surface area contributed by atoms with Gasteiger partial charge in [0.2, 0.25) is 0 Å². The predicted octanol–water partition coefficient (Wildman–Crippen LogP) is 3.48. The van der Waals surface area contributed by atoms with Crippen LogP contribution in [0.25, 0.3) is 0 Å². The van der Waals surface area contributed by atoms with Crippen LogP contribution >= 0.6 is 0 Å². The maximum Gasteiger partial charge on any atom is 0.118 e. The van der Waals surface area contributed by atoms with Crippen molar-refractivity contribution in [1.82, 2.24) is 4.90 Å². The second-order valence-electron chi connectivity index (χ2n) is 4.23. The van der Waals surface area contributed by atoms with Crippen LogP contribution in [-0.4, -0.2) is 25.1 Å². The maximum atomic E-state index is 5.16. The summed E-state index contributed by atoms with van der Waals surface area (Å²) in [4.78, 5) is 2.41. The third-order valence-electron chi connectivity index (χ3n) is 2.78. The lowest BCUT2D eigenvalue weighted by Crippen LogP contribution is -2.24. The quantitative estimate of drug-likeness (QED) is 0.637. The van der Waals surface area contributed by atoms with Gasteiger partial charge in [-0.15, -0.1) is 6.58 Å². The molecule has 1 aromatic carbocycles. The van der Waals surface area contributed by atoms with Crippen molar-refractivity contribution in [2.45, 2.75) is 26.3 Å². The van der Waals surface area contributed by atoms with Gasteiger partial charge >= 0.3 is 0 Å². The van der Waals surface area contributed by atoms with E-state index >= 15 is 0 Å². The van der Waals surface area contributed by atoms with Gasteiger partial charge in [-0.25, -0.2) is 0 Å². The molecule has 0 aromatic heterocycles. The van der Waals surface area contributed by atoms with Crippen molar-refractivity contribution in [3.05, 3.63) is 42.5 Å². The summed E-state index contributed by atoms with van der Waals surface area (Å²) in [5.74, 6) is 0.914. The lowest BCUT2D eigenvalue weighted by molar-refractivity contribution is 0.289. The molecule has 94 valence electrons. The van der Waals surface area contributed by atoms with Gasteiger partial charge in [0.1, 0.15) is 5.75 Å². The first-order valence-electron chi connectivity index (χ1n) is 6.26. The Morgan fingerprint density at radius 1 is 1.29 bits per heavy atom. The summed E-state index contributed by atoms with van der Waals surface area (Å²) in [6.07, 6.45) is 4.44. The van der Waals surface area contributed by atoms with Crippen LogP contribution in [0.4, 0.5) is 0 Å². The summed E-state index contributed by atoms with van der Waals surface area (Å²) in [7, 11) is 1.69. The second kappa shape index (κ2) is 7.91. The molecule has 0 amide bonds. The van der Waals surface area contributed by atoms with Crippen molar-refractivity contribution >= 4 is 0 Å². The molecule has 0 aliphatic heterocycles. The number of benzene rings is 1.